The van der Waals surface area contributed by atoms with Gasteiger partial charge in [-0.1, -0.05) is 29.3 Å². The third-order valence-electron chi connectivity index (χ3n) is 2.99. The second-order valence-corrected chi connectivity index (χ2v) is 6.16. The fraction of sp³-hybridized carbons (Fsp3) is 0.143. The summed E-state index contributed by atoms with van der Waals surface area (Å²) >= 11 is 13.5. The highest BCUT2D eigenvalue weighted by Crippen LogP contribution is 2.42. The molecule has 0 N–H and O–H groups in total. The van der Waals surface area contributed by atoms with Crippen LogP contribution >= 0.6 is 35.0 Å². The summed E-state index contributed by atoms with van der Waals surface area (Å²) in [5.41, 5.74) is 1.60. The molecule has 0 spiro atoms. The molecule has 0 unspecified atom stereocenters. The second-order valence-electron chi connectivity index (χ2n) is 4.28. The molecule has 20 heavy (non-hydrogen) atoms. The number of hydrogen-bond donors (Lipinski definition) is 0. The lowest BCUT2D eigenvalue weighted by Crippen LogP contribution is -2.28. The molecule has 1 amide bonds. The fourth-order valence-corrected chi connectivity index (χ4v) is 3.51. The highest BCUT2D eigenvalue weighted by molar-refractivity contribution is 8.00. The van der Waals surface area contributed by atoms with Gasteiger partial charge in [-0.05, 0) is 30.3 Å². The zero-order chi connectivity index (χ0) is 14.1. The number of nitrogens with zero attached hydrogens (tertiary/aromatic N) is 2. The second kappa shape index (κ2) is 5.64. The Bertz CT molecular complexity index is 651. The maximum Gasteiger partial charge on any atom is 0.238 e. The Morgan fingerprint density at radius 1 is 1.20 bits per heavy atom. The molecule has 1 saturated heterocycles. The number of carbonyl (C=O) groups is 1. The van der Waals surface area contributed by atoms with Crippen LogP contribution in [0.25, 0.3) is 0 Å². The number of aromatic nitrogens is 1. The maximum atomic E-state index is 12.2. The topological polar surface area (TPSA) is 33.2 Å². The van der Waals surface area contributed by atoms with Crippen molar-refractivity contribution in [3.63, 3.8) is 0 Å². The van der Waals surface area contributed by atoms with E-state index in [0.717, 1.165) is 11.4 Å². The first kappa shape index (κ1) is 13.7. The number of halogens is 2. The van der Waals surface area contributed by atoms with Crippen molar-refractivity contribution < 1.29 is 4.79 Å². The summed E-state index contributed by atoms with van der Waals surface area (Å²) in [5, 5.41) is 0.790. The van der Waals surface area contributed by atoms with Crippen LogP contribution in [-0.2, 0) is 4.79 Å². The van der Waals surface area contributed by atoms with E-state index in [9.17, 15) is 4.79 Å². The molecule has 1 aliphatic heterocycles. The number of pyridine rings is 1. The van der Waals surface area contributed by atoms with Gasteiger partial charge in [-0.15, -0.1) is 11.8 Å². The first-order valence-electron chi connectivity index (χ1n) is 5.96. The molecule has 102 valence electrons. The Hall–Kier alpha value is -1.23. The van der Waals surface area contributed by atoms with Crippen LogP contribution in [0.5, 0.6) is 0 Å². The van der Waals surface area contributed by atoms with Crippen molar-refractivity contribution in [3.8, 4) is 0 Å². The SMILES string of the molecule is O=C1CS[C@@H](c2ccccn2)N1c1ccc(Cl)c(Cl)c1. The zero-order valence-corrected chi connectivity index (χ0v) is 12.6. The van der Waals surface area contributed by atoms with Crippen molar-refractivity contribution in [2.45, 2.75) is 5.37 Å². The van der Waals surface area contributed by atoms with Crippen molar-refractivity contribution in [2.75, 3.05) is 10.7 Å². The lowest BCUT2D eigenvalue weighted by Gasteiger charge is -2.23. The minimum Gasteiger partial charge on any atom is -0.293 e. The molecule has 0 saturated carbocycles. The molecule has 1 fully saturated rings. The van der Waals surface area contributed by atoms with Crippen LogP contribution in [0.2, 0.25) is 10.0 Å². The average Bonchev–Trinajstić information content (AvgIpc) is 2.85. The summed E-state index contributed by atoms with van der Waals surface area (Å²) in [6.07, 6.45) is 1.73. The van der Waals surface area contributed by atoms with Gasteiger partial charge in [-0.3, -0.25) is 14.7 Å². The van der Waals surface area contributed by atoms with Crippen LogP contribution < -0.4 is 4.90 Å². The first-order chi connectivity index (χ1) is 9.66. The standard InChI is InChI=1S/C14H10Cl2N2OS/c15-10-5-4-9(7-11(10)16)18-13(19)8-20-14(18)12-3-1-2-6-17-12/h1-7,14H,8H2/t14-/m0/s1. The third kappa shape index (κ3) is 2.51. The van der Waals surface area contributed by atoms with Crippen LogP contribution in [0, 0.1) is 0 Å². The molecule has 0 radical (unpaired) electrons. The van der Waals surface area contributed by atoms with Gasteiger partial charge < -0.3 is 0 Å². The van der Waals surface area contributed by atoms with E-state index in [1.54, 1.807) is 41.1 Å². The van der Waals surface area contributed by atoms with Crippen LogP contribution in [0.4, 0.5) is 5.69 Å². The molecular formula is C14H10Cl2N2OS. The summed E-state index contributed by atoms with van der Waals surface area (Å²) < 4.78 is 0. The first-order valence-corrected chi connectivity index (χ1v) is 7.77. The largest absolute Gasteiger partial charge is 0.293 e. The van der Waals surface area contributed by atoms with E-state index in [1.165, 1.54) is 0 Å². The number of hydrogen-bond acceptors (Lipinski definition) is 3. The number of rotatable bonds is 2. The molecule has 3 rings (SSSR count). The van der Waals surface area contributed by atoms with E-state index in [0.29, 0.717) is 15.8 Å². The van der Waals surface area contributed by atoms with Crippen LogP contribution in [0.3, 0.4) is 0 Å². The molecule has 1 aromatic carbocycles. The van der Waals surface area contributed by atoms with Gasteiger partial charge in [0.25, 0.3) is 0 Å². The summed E-state index contributed by atoms with van der Waals surface area (Å²) in [4.78, 5) is 18.2. The highest BCUT2D eigenvalue weighted by atomic mass is 35.5. The summed E-state index contributed by atoms with van der Waals surface area (Å²) in [6.45, 7) is 0. The van der Waals surface area contributed by atoms with E-state index in [4.69, 9.17) is 23.2 Å². The van der Waals surface area contributed by atoms with Gasteiger partial charge in [0.2, 0.25) is 5.91 Å². The minimum absolute atomic E-state index is 0.0454. The highest BCUT2D eigenvalue weighted by Gasteiger charge is 2.34. The molecule has 1 atom stereocenters. The molecule has 0 aliphatic carbocycles. The molecular weight excluding hydrogens is 315 g/mol. The number of anilines is 1. The number of benzene rings is 1. The lowest BCUT2D eigenvalue weighted by atomic mass is 10.2. The Morgan fingerprint density at radius 2 is 2.05 bits per heavy atom. The number of thioether (sulfide) groups is 1. The van der Waals surface area contributed by atoms with Gasteiger partial charge in [-0.25, -0.2) is 0 Å². The molecule has 6 heteroatoms. The molecule has 2 heterocycles. The molecule has 0 bridgehead atoms. The summed E-state index contributed by atoms with van der Waals surface area (Å²) in [5.74, 6) is 0.477. The van der Waals surface area contributed by atoms with Crippen molar-refractivity contribution in [2.24, 2.45) is 0 Å². The van der Waals surface area contributed by atoms with Crippen molar-refractivity contribution in [1.82, 2.24) is 4.98 Å². The lowest BCUT2D eigenvalue weighted by molar-refractivity contribution is -0.115. The predicted molar refractivity (Wildman–Crippen MR) is 83.4 cm³/mol. The van der Waals surface area contributed by atoms with Crippen LogP contribution in [0.1, 0.15) is 11.1 Å². The zero-order valence-electron chi connectivity index (χ0n) is 10.3. The fourth-order valence-electron chi connectivity index (χ4n) is 2.08. The number of carbonyl (C=O) groups excluding carboxylic acids is 1. The van der Waals surface area contributed by atoms with Gasteiger partial charge in [0.15, 0.2) is 0 Å². The minimum atomic E-state index is -0.124. The monoisotopic (exact) mass is 324 g/mol. The quantitative estimate of drug-likeness (QED) is 0.831. The van der Waals surface area contributed by atoms with Crippen LogP contribution in [-0.4, -0.2) is 16.6 Å². The smallest absolute Gasteiger partial charge is 0.238 e. The Kier molecular flexibility index (Phi) is 3.87. The van der Waals surface area contributed by atoms with Gasteiger partial charge in [0.05, 0.1) is 21.5 Å². The normalized spacial score (nSPS) is 18.6. The van der Waals surface area contributed by atoms with Crippen LogP contribution in [0.15, 0.2) is 42.6 Å². The average molecular weight is 325 g/mol. The van der Waals surface area contributed by atoms with E-state index in [2.05, 4.69) is 4.98 Å². The third-order valence-corrected chi connectivity index (χ3v) is 4.91. The molecule has 2 aromatic rings. The predicted octanol–water partition coefficient (Wildman–Crippen LogP) is 4.17. The van der Waals surface area contributed by atoms with E-state index in [-0.39, 0.29) is 11.3 Å². The molecule has 1 aromatic heterocycles. The number of amides is 1. The Morgan fingerprint density at radius 3 is 2.75 bits per heavy atom. The summed E-state index contributed by atoms with van der Waals surface area (Å²) in [6, 6.07) is 10.9. The van der Waals surface area contributed by atoms with Crippen molar-refractivity contribution in [1.29, 1.82) is 0 Å². The Labute approximate surface area is 130 Å². The van der Waals surface area contributed by atoms with E-state index >= 15 is 0 Å². The van der Waals surface area contributed by atoms with Gasteiger partial charge >= 0.3 is 0 Å². The van der Waals surface area contributed by atoms with Gasteiger partial charge in [-0.2, -0.15) is 0 Å². The van der Waals surface area contributed by atoms with E-state index < -0.39 is 0 Å². The van der Waals surface area contributed by atoms with Gasteiger partial charge in [0.1, 0.15) is 5.37 Å². The van der Waals surface area contributed by atoms with Gasteiger partial charge in [0, 0.05) is 11.9 Å². The summed E-state index contributed by atoms with van der Waals surface area (Å²) in [7, 11) is 0. The molecule has 1 aliphatic rings. The van der Waals surface area contributed by atoms with Crippen molar-refractivity contribution in [3.05, 3.63) is 58.3 Å². The van der Waals surface area contributed by atoms with E-state index in [1.807, 2.05) is 18.2 Å². The van der Waals surface area contributed by atoms with Crippen molar-refractivity contribution >= 4 is 46.6 Å². The molecule has 3 nitrogen and oxygen atoms in total. The Balaban J connectivity index is 2.00. The maximum absolute atomic E-state index is 12.2.